The number of aromatic nitrogens is 2. The van der Waals surface area contributed by atoms with Crippen LogP contribution in [0.15, 0.2) is 22.1 Å². The second-order valence-corrected chi connectivity index (χ2v) is 4.75. The average molecular weight is 244 g/mol. The van der Waals surface area contributed by atoms with E-state index in [0.717, 1.165) is 14.4 Å². The minimum atomic E-state index is 0.453. The summed E-state index contributed by atoms with van der Waals surface area (Å²) in [5.74, 6) is 0.453. The molecule has 0 saturated heterocycles. The van der Waals surface area contributed by atoms with Gasteiger partial charge < -0.3 is 10.7 Å². The number of nitrogens with two attached hydrogens (primary N) is 1. The number of anilines is 1. The quantitative estimate of drug-likeness (QED) is 0.809. The van der Waals surface area contributed by atoms with E-state index < -0.39 is 0 Å². The Balaban J connectivity index is 2.43. The molecule has 0 spiro atoms. The van der Waals surface area contributed by atoms with Gasteiger partial charge in [0, 0.05) is 0 Å². The Bertz CT molecular complexity index is 355. The average Bonchev–Trinajstić information content (AvgIpc) is 2.58. The van der Waals surface area contributed by atoms with E-state index in [1.54, 1.807) is 17.5 Å². The van der Waals surface area contributed by atoms with Gasteiger partial charge in [0.05, 0.1) is 20.6 Å². The molecule has 0 atom stereocenters. The van der Waals surface area contributed by atoms with E-state index in [-0.39, 0.29) is 0 Å². The van der Waals surface area contributed by atoms with E-state index in [1.807, 2.05) is 12.1 Å². The molecule has 0 aliphatic rings. The van der Waals surface area contributed by atoms with Gasteiger partial charge in [-0.25, -0.2) is 4.98 Å². The molecular weight excluding hydrogens is 238 g/mol. The van der Waals surface area contributed by atoms with Crippen molar-refractivity contribution in [3.05, 3.63) is 22.1 Å². The first-order chi connectivity index (χ1) is 5.75. The third-order valence-electron chi connectivity index (χ3n) is 1.43. The van der Waals surface area contributed by atoms with Gasteiger partial charge in [-0.3, -0.25) is 0 Å². The lowest BCUT2D eigenvalue weighted by molar-refractivity contribution is 1.33. The van der Waals surface area contributed by atoms with Crippen LogP contribution in [0.2, 0.25) is 0 Å². The SMILES string of the molecule is Nc1ncc(-c2ccc(Br)s2)[nH]1. The number of halogens is 1. The molecule has 0 aromatic carbocycles. The Morgan fingerprint density at radius 1 is 1.50 bits per heavy atom. The zero-order valence-corrected chi connectivity index (χ0v) is 8.45. The number of hydrogen-bond acceptors (Lipinski definition) is 3. The molecule has 0 aliphatic carbocycles. The van der Waals surface area contributed by atoms with Crippen LogP contribution in [-0.2, 0) is 0 Å². The van der Waals surface area contributed by atoms with Gasteiger partial charge in [-0.15, -0.1) is 11.3 Å². The summed E-state index contributed by atoms with van der Waals surface area (Å²) in [5, 5.41) is 0. The van der Waals surface area contributed by atoms with E-state index in [1.165, 1.54) is 0 Å². The van der Waals surface area contributed by atoms with Gasteiger partial charge in [-0.05, 0) is 28.1 Å². The van der Waals surface area contributed by atoms with Gasteiger partial charge in [-0.2, -0.15) is 0 Å². The lowest BCUT2D eigenvalue weighted by Crippen LogP contribution is -1.84. The summed E-state index contributed by atoms with van der Waals surface area (Å²) in [7, 11) is 0. The van der Waals surface area contributed by atoms with E-state index in [4.69, 9.17) is 5.73 Å². The van der Waals surface area contributed by atoms with E-state index in [2.05, 4.69) is 25.9 Å². The van der Waals surface area contributed by atoms with E-state index in [0.29, 0.717) is 5.95 Å². The second-order valence-electron chi connectivity index (χ2n) is 2.29. The fourth-order valence-corrected chi connectivity index (χ4v) is 2.27. The van der Waals surface area contributed by atoms with Crippen LogP contribution in [0.25, 0.3) is 10.6 Å². The molecule has 0 bridgehead atoms. The summed E-state index contributed by atoms with van der Waals surface area (Å²) < 4.78 is 1.10. The first-order valence-corrected chi connectivity index (χ1v) is 4.93. The van der Waals surface area contributed by atoms with Crippen molar-refractivity contribution in [2.24, 2.45) is 0 Å². The normalized spacial score (nSPS) is 10.4. The standard InChI is InChI=1S/C7H6BrN3S/c8-6-2-1-5(12-6)4-3-10-7(9)11-4/h1-3H,(H3,9,10,11). The molecular formula is C7H6BrN3S. The molecule has 0 radical (unpaired) electrons. The minimum Gasteiger partial charge on any atom is -0.369 e. The van der Waals surface area contributed by atoms with Gasteiger partial charge in [0.25, 0.3) is 0 Å². The van der Waals surface area contributed by atoms with Gasteiger partial charge in [0.1, 0.15) is 0 Å². The fraction of sp³-hybridized carbons (Fsp3) is 0. The van der Waals surface area contributed by atoms with Crippen molar-refractivity contribution in [3.8, 4) is 10.6 Å². The molecule has 0 aliphatic heterocycles. The van der Waals surface area contributed by atoms with Crippen molar-refractivity contribution >= 4 is 33.2 Å². The Kier molecular flexibility index (Phi) is 1.90. The number of rotatable bonds is 1. The molecule has 0 unspecified atom stereocenters. The van der Waals surface area contributed by atoms with Crippen molar-refractivity contribution < 1.29 is 0 Å². The molecule has 0 amide bonds. The first-order valence-electron chi connectivity index (χ1n) is 3.32. The van der Waals surface area contributed by atoms with Crippen LogP contribution >= 0.6 is 27.3 Å². The van der Waals surface area contributed by atoms with E-state index >= 15 is 0 Å². The number of nitrogens with zero attached hydrogens (tertiary/aromatic N) is 1. The number of imidazole rings is 1. The molecule has 62 valence electrons. The predicted molar refractivity (Wildman–Crippen MR) is 54.0 cm³/mol. The molecule has 2 heterocycles. The smallest absolute Gasteiger partial charge is 0.197 e. The van der Waals surface area contributed by atoms with Crippen molar-refractivity contribution in [2.75, 3.05) is 5.73 Å². The van der Waals surface area contributed by atoms with Gasteiger partial charge in [0.15, 0.2) is 5.95 Å². The maximum Gasteiger partial charge on any atom is 0.197 e. The minimum absolute atomic E-state index is 0.453. The molecule has 5 heteroatoms. The lowest BCUT2D eigenvalue weighted by atomic mass is 10.4. The highest BCUT2D eigenvalue weighted by Crippen LogP contribution is 2.30. The number of nitrogen functional groups attached to an aromatic ring is 1. The Hall–Kier alpha value is -0.810. The molecule has 12 heavy (non-hydrogen) atoms. The predicted octanol–water partition coefficient (Wildman–Crippen LogP) is 2.48. The highest BCUT2D eigenvalue weighted by molar-refractivity contribution is 9.11. The molecule has 0 saturated carbocycles. The van der Waals surface area contributed by atoms with Crippen molar-refractivity contribution in [3.63, 3.8) is 0 Å². The molecule has 3 nitrogen and oxygen atoms in total. The van der Waals surface area contributed by atoms with Crippen LogP contribution in [-0.4, -0.2) is 9.97 Å². The first kappa shape index (κ1) is 7.82. The topological polar surface area (TPSA) is 54.7 Å². The summed E-state index contributed by atoms with van der Waals surface area (Å²) in [6, 6.07) is 4.01. The summed E-state index contributed by atoms with van der Waals surface area (Å²) in [4.78, 5) is 8.01. The van der Waals surface area contributed by atoms with Crippen molar-refractivity contribution in [1.82, 2.24) is 9.97 Å². The highest BCUT2D eigenvalue weighted by Gasteiger charge is 2.02. The molecule has 3 N–H and O–H groups in total. The zero-order valence-electron chi connectivity index (χ0n) is 6.04. The van der Waals surface area contributed by atoms with E-state index in [9.17, 15) is 0 Å². The zero-order chi connectivity index (χ0) is 8.55. The largest absolute Gasteiger partial charge is 0.369 e. The number of nitrogens with one attached hydrogen (secondary N) is 1. The summed E-state index contributed by atoms with van der Waals surface area (Å²) in [6.45, 7) is 0. The molecule has 2 rings (SSSR count). The van der Waals surface area contributed by atoms with Crippen LogP contribution in [0.1, 0.15) is 0 Å². The van der Waals surface area contributed by atoms with Crippen molar-refractivity contribution in [2.45, 2.75) is 0 Å². The van der Waals surface area contributed by atoms with Crippen LogP contribution < -0.4 is 5.73 Å². The lowest BCUT2D eigenvalue weighted by Gasteiger charge is -1.87. The van der Waals surface area contributed by atoms with Crippen LogP contribution in [0.5, 0.6) is 0 Å². The molecule has 2 aromatic rings. The maximum absolute atomic E-state index is 5.45. The summed E-state index contributed by atoms with van der Waals surface area (Å²) in [6.07, 6.45) is 1.73. The third-order valence-corrected chi connectivity index (χ3v) is 3.09. The Labute approximate surface area is 81.8 Å². The second kappa shape index (κ2) is 2.91. The van der Waals surface area contributed by atoms with Gasteiger partial charge >= 0.3 is 0 Å². The number of thiophene rings is 1. The monoisotopic (exact) mass is 243 g/mol. The summed E-state index contributed by atoms with van der Waals surface area (Å²) in [5.41, 5.74) is 6.41. The molecule has 0 fully saturated rings. The number of hydrogen-bond donors (Lipinski definition) is 2. The van der Waals surface area contributed by atoms with Crippen LogP contribution in [0, 0.1) is 0 Å². The third kappa shape index (κ3) is 1.37. The molecule has 2 aromatic heterocycles. The fourth-order valence-electron chi connectivity index (χ4n) is 0.921. The maximum atomic E-state index is 5.45. The number of aromatic amines is 1. The Morgan fingerprint density at radius 2 is 2.33 bits per heavy atom. The van der Waals surface area contributed by atoms with Crippen LogP contribution in [0.4, 0.5) is 5.95 Å². The number of H-pyrrole nitrogens is 1. The van der Waals surface area contributed by atoms with Crippen molar-refractivity contribution in [1.29, 1.82) is 0 Å². The highest BCUT2D eigenvalue weighted by atomic mass is 79.9. The van der Waals surface area contributed by atoms with Crippen LogP contribution in [0.3, 0.4) is 0 Å². The summed E-state index contributed by atoms with van der Waals surface area (Å²) >= 11 is 5.03. The van der Waals surface area contributed by atoms with Gasteiger partial charge in [0.2, 0.25) is 0 Å². The van der Waals surface area contributed by atoms with Gasteiger partial charge in [-0.1, -0.05) is 0 Å². The Morgan fingerprint density at radius 3 is 2.83 bits per heavy atom.